The van der Waals surface area contributed by atoms with Gasteiger partial charge in [-0.3, -0.25) is 14.5 Å². The van der Waals surface area contributed by atoms with Crippen molar-refractivity contribution in [2.45, 2.75) is 128 Å². The first-order chi connectivity index (χ1) is 19.2. The van der Waals surface area contributed by atoms with Gasteiger partial charge in [0.1, 0.15) is 11.6 Å². The number of hydrogen-bond acceptors (Lipinski definition) is 3. The first-order valence-electron chi connectivity index (χ1n) is 16.1. The van der Waals surface area contributed by atoms with E-state index in [0.717, 1.165) is 31.9 Å². The van der Waals surface area contributed by atoms with Gasteiger partial charge in [-0.05, 0) is 97.2 Å². The lowest BCUT2D eigenvalue weighted by Gasteiger charge is -2.50. The van der Waals surface area contributed by atoms with E-state index in [0.29, 0.717) is 30.4 Å². The smallest absolute Gasteiger partial charge is 0.226 e. The lowest BCUT2D eigenvalue weighted by molar-refractivity contribution is -0.151. The van der Waals surface area contributed by atoms with Gasteiger partial charge in [-0.1, -0.05) is 38.2 Å². The van der Waals surface area contributed by atoms with Gasteiger partial charge in [0.2, 0.25) is 11.8 Å². The Hall–Kier alpha value is -2.02. The Balaban J connectivity index is 1.47. The van der Waals surface area contributed by atoms with Crippen LogP contribution in [0.25, 0.3) is 0 Å². The number of amides is 2. The molecule has 5 rings (SSSR count). The van der Waals surface area contributed by atoms with Crippen molar-refractivity contribution in [3.8, 4) is 0 Å². The fourth-order valence-corrected chi connectivity index (χ4v) is 8.62. The van der Waals surface area contributed by atoms with E-state index in [1.165, 1.54) is 44.2 Å². The Morgan fingerprint density at radius 2 is 1.63 bits per heavy atom. The fraction of sp³-hybridized carbons (Fsp3) is 0.765. The van der Waals surface area contributed by atoms with Crippen LogP contribution in [-0.4, -0.2) is 57.9 Å². The van der Waals surface area contributed by atoms with Crippen LogP contribution in [0.3, 0.4) is 0 Å². The van der Waals surface area contributed by atoms with Crippen molar-refractivity contribution in [1.29, 1.82) is 0 Å². The number of carbonyl (C=O) groups is 2. The molecule has 3 heterocycles. The third-order valence-corrected chi connectivity index (χ3v) is 10.5. The largest absolute Gasteiger partial charge is 0.351 e. The molecule has 41 heavy (non-hydrogen) atoms. The zero-order valence-corrected chi connectivity index (χ0v) is 26.0. The van der Waals surface area contributed by atoms with E-state index < -0.39 is 17.6 Å². The summed E-state index contributed by atoms with van der Waals surface area (Å²) < 4.78 is 29.2. The van der Waals surface area contributed by atoms with Crippen molar-refractivity contribution in [1.82, 2.24) is 15.1 Å². The molecule has 1 saturated carbocycles. The van der Waals surface area contributed by atoms with Crippen LogP contribution in [0.5, 0.6) is 0 Å². The van der Waals surface area contributed by atoms with Crippen LogP contribution >= 0.6 is 0 Å². The molecule has 4 unspecified atom stereocenters. The molecular weight excluding hydrogens is 520 g/mol. The molecule has 0 radical (unpaired) electrons. The molecule has 7 heteroatoms. The summed E-state index contributed by atoms with van der Waals surface area (Å²) in [5, 5.41) is 3.28. The van der Waals surface area contributed by atoms with E-state index in [9.17, 15) is 14.0 Å². The number of piperidine rings is 2. The van der Waals surface area contributed by atoms with E-state index in [2.05, 4.69) is 35.9 Å². The Morgan fingerprint density at radius 3 is 2.27 bits per heavy atom. The van der Waals surface area contributed by atoms with Gasteiger partial charge in [0, 0.05) is 47.6 Å². The summed E-state index contributed by atoms with van der Waals surface area (Å²) in [4.78, 5) is 33.0. The monoisotopic (exact) mass is 571 g/mol. The average Bonchev–Trinajstić information content (AvgIpc) is 3.19. The lowest BCUT2D eigenvalue weighted by Crippen LogP contribution is -2.61. The highest BCUT2D eigenvalue weighted by molar-refractivity contribution is 5.85. The fourth-order valence-electron chi connectivity index (χ4n) is 8.62. The quantitative estimate of drug-likeness (QED) is 0.440. The summed E-state index contributed by atoms with van der Waals surface area (Å²) in [6, 6.07) is 3.81. The second-order valence-corrected chi connectivity index (χ2v) is 15.4. The number of nitrogens with zero attached hydrogens (tertiary/aromatic N) is 2. The van der Waals surface area contributed by atoms with Crippen molar-refractivity contribution >= 4 is 11.8 Å². The van der Waals surface area contributed by atoms with Crippen LogP contribution < -0.4 is 5.32 Å². The summed E-state index contributed by atoms with van der Waals surface area (Å²) in [6.07, 6.45) is 9.35. The zero-order chi connectivity index (χ0) is 29.7. The third kappa shape index (κ3) is 6.35. The standard InChI is InChI=1S/C34H51F2N3O2/c1-33(2,3)37-31(40)30-26(21-10-8-7-9-11-21)19-23-13-15-29(30)39(23)32(41)25-16-17-38(34(4,5)6)20-27(25)24-14-12-22(35)18-28(24)36/h12,14,18,21,23,25-27,29-30H,7-11,13,15-17,19-20H2,1-6H3,(H,37,40)/t23?,25-,26?,27+,29?,30?/m1/s1. The average molecular weight is 572 g/mol. The molecule has 1 aromatic carbocycles. The minimum atomic E-state index is -0.604. The van der Waals surface area contributed by atoms with Gasteiger partial charge in [0.25, 0.3) is 0 Å². The maximum Gasteiger partial charge on any atom is 0.226 e. The molecule has 5 nitrogen and oxygen atoms in total. The van der Waals surface area contributed by atoms with Crippen molar-refractivity contribution < 1.29 is 18.4 Å². The van der Waals surface area contributed by atoms with Crippen LogP contribution in [0.15, 0.2) is 18.2 Å². The van der Waals surface area contributed by atoms with Crippen LogP contribution in [0.2, 0.25) is 0 Å². The number of nitrogens with one attached hydrogen (secondary N) is 1. The van der Waals surface area contributed by atoms with Crippen molar-refractivity contribution in [2.75, 3.05) is 13.1 Å². The molecule has 0 aromatic heterocycles. The molecule has 1 aromatic rings. The second-order valence-electron chi connectivity index (χ2n) is 15.4. The normalized spacial score (nSPS) is 31.8. The predicted molar refractivity (Wildman–Crippen MR) is 158 cm³/mol. The zero-order valence-electron chi connectivity index (χ0n) is 26.0. The molecule has 3 saturated heterocycles. The van der Waals surface area contributed by atoms with Gasteiger partial charge < -0.3 is 10.2 Å². The topological polar surface area (TPSA) is 52.7 Å². The van der Waals surface area contributed by atoms with E-state index in [-0.39, 0.29) is 46.8 Å². The van der Waals surface area contributed by atoms with Crippen LogP contribution in [0.1, 0.15) is 111 Å². The van der Waals surface area contributed by atoms with E-state index in [4.69, 9.17) is 0 Å². The first kappa shape index (κ1) is 30.4. The molecule has 1 N–H and O–H groups in total. The van der Waals surface area contributed by atoms with Crippen LogP contribution in [0, 0.1) is 35.3 Å². The molecule has 2 amide bonds. The van der Waals surface area contributed by atoms with Gasteiger partial charge in [-0.2, -0.15) is 0 Å². The third-order valence-electron chi connectivity index (χ3n) is 10.5. The highest BCUT2D eigenvalue weighted by atomic mass is 19.1. The number of halogens is 2. The highest BCUT2D eigenvalue weighted by Crippen LogP contribution is 2.50. The number of benzene rings is 1. The summed E-state index contributed by atoms with van der Waals surface area (Å²) in [5.74, 6) is -1.17. The van der Waals surface area contributed by atoms with Crippen LogP contribution in [0.4, 0.5) is 8.78 Å². The maximum atomic E-state index is 15.2. The number of fused-ring (bicyclic) bond motifs is 2. The minimum Gasteiger partial charge on any atom is -0.351 e. The summed E-state index contributed by atoms with van der Waals surface area (Å²) in [7, 11) is 0. The summed E-state index contributed by atoms with van der Waals surface area (Å²) in [6.45, 7) is 13.8. The molecule has 4 fully saturated rings. The van der Waals surface area contributed by atoms with Gasteiger partial charge in [0.15, 0.2) is 0 Å². The predicted octanol–water partition coefficient (Wildman–Crippen LogP) is 6.66. The summed E-state index contributed by atoms with van der Waals surface area (Å²) >= 11 is 0. The van der Waals surface area contributed by atoms with Gasteiger partial charge in [-0.15, -0.1) is 0 Å². The first-order valence-corrected chi connectivity index (χ1v) is 16.1. The number of carbonyl (C=O) groups excluding carboxylic acids is 2. The van der Waals surface area contributed by atoms with E-state index in [1.54, 1.807) is 0 Å². The SMILES string of the molecule is CC(C)(C)NC(=O)C1C(C2CCCCC2)CC2CCC1N2C(=O)[C@@H]1CCN(C(C)(C)C)C[C@H]1c1ccc(F)cc1F. The summed E-state index contributed by atoms with van der Waals surface area (Å²) in [5.41, 5.74) is -0.0510. The van der Waals surface area contributed by atoms with E-state index >= 15 is 4.39 Å². The Morgan fingerprint density at radius 1 is 0.927 bits per heavy atom. The molecule has 4 aliphatic rings. The van der Waals surface area contributed by atoms with Crippen LogP contribution in [-0.2, 0) is 9.59 Å². The number of likely N-dealkylation sites (tertiary alicyclic amines) is 1. The molecular formula is C34H51F2N3O2. The lowest BCUT2D eigenvalue weighted by atomic mass is 9.67. The second kappa shape index (κ2) is 11.6. The number of hydrogen-bond donors (Lipinski definition) is 1. The molecule has 3 aliphatic heterocycles. The number of rotatable bonds is 4. The van der Waals surface area contributed by atoms with Gasteiger partial charge >= 0.3 is 0 Å². The van der Waals surface area contributed by atoms with E-state index in [1.807, 2.05) is 20.8 Å². The van der Waals surface area contributed by atoms with Crippen molar-refractivity contribution in [3.63, 3.8) is 0 Å². The Kier molecular flexibility index (Phi) is 8.59. The van der Waals surface area contributed by atoms with Gasteiger partial charge in [-0.25, -0.2) is 8.78 Å². The molecule has 2 bridgehead atoms. The Bertz CT molecular complexity index is 1120. The molecule has 6 atom stereocenters. The molecule has 0 spiro atoms. The van der Waals surface area contributed by atoms with Crippen molar-refractivity contribution in [2.24, 2.45) is 23.7 Å². The van der Waals surface area contributed by atoms with Crippen molar-refractivity contribution in [3.05, 3.63) is 35.4 Å². The maximum absolute atomic E-state index is 15.2. The Labute approximate surface area is 245 Å². The molecule has 228 valence electrons. The molecule has 1 aliphatic carbocycles. The minimum absolute atomic E-state index is 0.0652. The van der Waals surface area contributed by atoms with Gasteiger partial charge in [0.05, 0.1) is 5.92 Å². The highest BCUT2D eigenvalue weighted by Gasteiger charge is 2.55.